The summed E-state index contributed by atoms with van der Waals surface area (Å²) in [5, 5.41) is 4.81. The Bertz CT molecular complexity index is 974. The van der Waals surface area contributed by atoms with Gasteiger partial charge in [-0.1, -0.05) is 60.5 Å². The van der Waals surface area contributed by atoms with Crippen molar-refractivity contribution in [3.8, 4) is 0 Å². The minimum atomic E-state index is -0.482. The fourth-order valence-corrected chi connectivity index (χ4v) is 6.02. The zero-order valence-corrected chi connectivity index (χ0v) is 20.2. The molecular weight excluding hydrogens is 445 g/mol. The van der Waals surface area contributed by atoms with E-state index in [1.807, 2.05) is 43.3 Å². The molecule has 2 aromatic rings. The van der Waals surface area contributed by atoms with E-state index >= 15 is 0 Å². The van der Waals surface area contributed by atoms with Gasteiger partial charge in [-0.15, -0.1) is 6.58 Å². The molecule has 31 heavy (non-hydrogen) atoms. The van der Waals surface area contributed by atoms with E-state index in [9.17, 15) is 4.79 Å². The molecule has 1 N–H and O–H groups in total. The molecule has 1 saturated heterocycles. The number of thiol groups is 1. The van der Waals surface area contributed by atoms with Crippen molar-refractivity contribution in [2.45, 2.75) is 55.7 Å². The van der Waals surface area contributed by atoms with Crippen LogP contribution in [0.1, 0.15) is 56.1 Å². The zero-order valence-electron chi connectivity index (χ0n) is 17.8. The van der Waals surface area contributed by atoms with Crippen molar-refractivity contribution in [2.75, 3.05) is 0 Å². The lowest BCUT2D eigenvalue weighted by atomic mass is 9.67. The van der Waals surface area contributed by atoms with Gasteiger partial charge in [-0.05, 0) is 73.4 Å². The van der Waals surface area contributed by atoms with Gasteiger partial charge in [0.05, 0.1) is 5.41 Å². The summed E-state index contributed by atoms with van der Waals surface area (Å²) in [5.74, 6) is 0.743. The molecule has 2 aromatic carbocycles. The standard InChI is InChI=1S/C26H29Cl2NOS/c1-3-13-25(2)15-22(17-5-4-6-21(28)14-17)23(29-24(25)30)16-26(31,18-7-8-18)19-9-11-20(27)12-10-19/h3-6,9-12,14,18,22-23,31H,1,7-8,13,15-16H2,2H3,(H,29,30)/t22-,23+,25+,26+/m1/s1. The van der Waals surface area contributed by atoms with Crippen molar-refractivity contribution < 1.29 is 4.79 Å². The van der Waals surface area contributed by atoms with Gasteiger partial charge in [0.25, 0.3) is 0 Å². The highest BCUT2D eigenvalue weighted by atomic mass is 35.5. The summed E-state index contributed by atoms with van der Waals surface area (Å²) in [5.41, 5.74) is 1.85. The van der Waals surface area contributed by atoms with Crippen molar-refractivity contribution in [1.29, 1.82) is 0 Å². The number of hydrogen-bond donors (Lipinski definition) is 2. The van der Waals surface area contributed by atoms with Crippen LogP contribution in [0.3, 0.4) is 0 Å². The van der Waals surface area contributed by atoms with Crippen LogP contribution in [0.4, 0.5) is 0 Å². The number of carbonyl (C=O) groups excluding carboxylic acids is 1. The molecule has 164 valence electrons. The zero-order chi connectivity index (χ0) is 22.2. The maximum Gasteiger partial charge on any atom is 0.226 e. The monoisotopic (exact) mass is 473 g/mol. The summed E-state index contributed by atoms with van der Waals surface area (Å²) in [6.07, 6.45) is 6.32. The Morgan fingerprint density at radius 1 is 1.19 bits per heavy atom. The lowest BCUT2D eigenvalue weighted by molar-refractivity contribution is -0.134. The molecule has 0 radical (unpaired) electrons. The van der Waals surface area contributed by atoms with Crippen LogP contribution in [0.2, 0.25) is 10.0 Å². The minimum absolute atomic E-state index is 0.0300. The molecule has 0 bridgehead atoms. The number of nitrogens with one attached hydrogen (secondary N) is 1. The van der Waals surface area contributed by atoms with Crippen LogP contribution in [-0.4, -0.2) is 11.9 Å². The number of halogens is 2. The normalized spacial score (nSPS) is 27.9. The molecule has 4 atom stereocenters. The molecule has 2 aliphatic rings. The number of allylic oxidation sites excluding steroid dienone is 1. The molecule has 0 aromatic heterocycles. The molecule has 2 nitrogen and oxygen atoms in total. The van der Waals surface area contributed by atoms with Crippen LogP contribution in [-0.2, 0) is 9.54 Å². The molecule has 1 saturated carbocycles. The predicted octanol–water partition coefficient (Wildman–Crippen LogP) is 7.17. The third-order valence-electron chi connectivity index (χ3n) is 7.02. The predicted molar refractivity (Wildman–Crippen MR) is 133 cm³/mol. The first-order chi connectivity index (χ1) is 14.7. The van der Waals surface area contributed by atoms with Crippen LogP contribution in [0.25, 0.3) is 0 Å². The van der Waals surface area contributed by atoms with Crippen LogP contribution in [0, 0.1) is 11.3 Å². The molecular formula is C26H29Cl2NOS. The van der Waals surface area contributed by atoms with E-state index in [4.69, 9.17) is 35.8 Å². The number of amides is 1. The largest absolute Gasteiger partial charge is 0.352 e. The highest BCUT2D eigenvalue weighted by Crippen LogP contribution is 2.55. The van der Waals surface area contributed by atoms with E-state index in [1.54, 1.807) is 0 Å². The van der Waals surface area contributed by atoms with Crippen LogP contribution >= 0.6 is 35.8 Å². The van der Waals surface area contributed by atoms with Crippen LogP contribution < -0.4 is 5.32 Å². The summed E-state index contributed by atoms with van der Waals surface area (Å²) in [6.45, 7) is 5.91. The van der Waals surface area contributed by atoms with Gasteiger partial charge < -0.3 is 5.32 Å². The van der Waals surface area contributed by atoms with Gasteiger partial charge in [0.1, 0.15) is 0 Å². The SMILES string of the molecule is C=CC[C@@]1(C)C[C@H](c2cccc(Cl)c2)[C@H](C[C@@](S)(c2ccc(Cl)cc2)C2CC2)NC1=O. The highest BCUT2D eigenvalue weighted by molar-refractivity contribution is 7.81. The van der Waals surface area contributed by atoms with Gasteiger partial charge in [-0.3, -0.25) is 4.79 Å². The summed E-state index contributed by atoms with van der Waals surface area (Å²) >= 11 is 17.8. The summed E-state index contributed by atoms with van der Waals surface area (Å²) in [7, 11) is 0. The Morgan fingerprint density at radius 3 is 2.52 bits per heavy atom. The van der Waals surface area contributed by atoms with Gasteiger partial charge in [-0.25, -0.2) is 0 Å². The molecule has 1 heterocycles. The Morgan fingerprint density at radius 2 is 1.90 bits per heavy atom. The second-order valence-corrected chi connectivity index (χ2v) is 11.1. The first kappa shape index (κ1) is 22.8. The maximum atomic E-state index is 13.2. The second kappa shape index (κ2) is 8.84. The first-order valence-electron chi connectivity index (χ1n) is 10.9. The van der Waals surface area contributed by atoms with Gasteiger partial charge in [0.15, 0.2) is 0 Å². The van der Waals surface area contributed by atoms with E-state index in [-0.39, 0.29) is 22.6 Å². The fraction of sp³-hybridized carbons (Fsp3) is 0.423. The summed E-state index contributed by atoms with van der Waals surface area (Å²) < 4.78 is -0.314. The third-order valence-corrected chi connectivity index (χ3v) is 8.31. The number of carbonyl (C=O) groups is 1. The van der Waals surface area contributed by atoms with E-state index in [1.165, 1.54) is 5.56 Å². The molecule has 5 heteroatoms. The van der Waals surface area contributed by atoms with Gasteiger partial charge in [0, 0.05) is 26.8 Å². The Kier molecular flexibility index (Phi) is 6.49. The van der Waals surface area contributed by atoms with E-state index in [2.05, 4.69) is 30.1 Å². The number of hydrogen-bond acceptors (Lipinski definition) is 2. The second-order valence-electron chi connectivity index (χ2n) is 9.41. The maximum absolute atomic E-state index is 13.2. The number of benzene rings is 2. The average Bonchev–Trinajstić information content (AvgIpc) is 3.57. The number of rotatable bonds is 7. The van der Waals surface area contributed by atoms with E-state index in [0.29, 0.717) is 12.3 Å². The first-order valence-corrected chi connectivity index (χ1v) is 12.1. The highest BCUT2D eigenvalue weighted by Gasteiger charge is 2.50. The average molecular weight is 474 g/mol. The minimum Gasteiger partial charge on any atom is -0.352 e. The van der Waals surface area contributed by atoms with Gasteiger partial charge in [-0.2, -0.15) is 12.6 Å². The van der Waals surface area contributed by atoms with Crippen molar-refractivity contribution in [3.05, 3.63) is 82.4 Å². The molecule has 1 aliphatic carbocycles. The Hall–Kier alpha value is -1.42. The lowest BCUT2D eigenvalue weighted by Gasteiger charge is -2.45. The van der Waals surface area contributed by atoms with Crippen molar-refractivity contribution >= 4 is 41.7 Å². The molecule has 1 amide bonds. The van der Waals surface area contributed by atoms with Crippen LogP contribution in [0.5, 0.6) is 0 Å². The van der Waals surface area contributed by atoms with Gasteiger partial charge >= 0.3 is 0 Å². The number of piperidine rings is 1. The Balaban J connectivity index is 1.70. The summed E-state index contributed by atoms with van der Waals surface area (Å²) in [6, 6.07) is 16.0. The summed E-state index contributed by atoms with van der Waals surface area (Å²) in [4.78, 5) is 13.2. The smallest absolute Gasteiger partial charge is 0.226 e. The van der Waals surface area contributed by atoms with E-state index in [0.717, 1.165) is 41.3 Å². The quantitative estimate of drug-likeness (QED) is 0.323. The van der Waals surface area contributed by atoms with E-state index < -0.39 is 5.41 Å². The molecule has 0 spiro atoms. The molecule has 0 unspecified atom stereocenters. The van der Waals surface area contributed by atoms with Gasteiger partial charge in [0.2, 0.25) is 5.91 Å². The lowest BCUT2D eigenvalue weighted by Crippen LogP contribution is -2.54. The topological polar surface area (TPSA) is 29.1 Å². The van der Waals surface area contributed by atoms with Crippen molar-refractivity contribution in [2.24, 2.45) is 11.3 Å². The molecule has 1 aliphatic heterocycles. The Labute approximate surface area is 200 Å². The third kappa shape index (κ3) is 4.69. The molecule has 2 fully saturated rings. The van der Waals surface area contributed by atoms with Crippen molar-refractivity contribution in [3.63, 3.8) is 0 Å². The van der Waals surface area contributed by atoms with Crippen LogP contribution in [0.15, 0.2) is 61.2 Å². The fourth-order valence-electron chi connectivity index (χ4n) is 5.09. The van der Waals surface area contributed by atoms with Crippen molar-refractivity contribution in [1.82, 2.24) is 5.32 Å². The molecule has 4 rings (SSSR count).